The summed E-state index contributed by atoms with van der Waals surface area (Å²) in [7, 11) is 0. The number of halogens is 2. The number of fused-ring (bicyclic) bond motifs is 1. The second kappa shape index (κ2) is 9.20. The summed E-state index contributed by atoms with van der Waals surface area (Å²) in [5, 5.41) is 5.42. The number of carbonyl (C=O) groups excluding carboxylic acids is 1. The number of hydrogen-bond acceptors (Lipinski definition) is 4. The van der Waals surface area contributed by atoms with Crippen molar-refractivity contribution in [3.8, 4) is 5.75 Å². The fraction of sp³-hybridized carbons (Fsp3) is 0.320. The Hall–Kier alpha value is -2.83. The summed E-state index contributed by atoms with van der Waals surface area (Å²) in [5.41, 5.74) is 1.64. The third-order valence-corrected chi connectivity index (χ3v) is 7.11. The maximum atomic E-state index is 14.0. The Kier molecular flexibility index (Phi) is 6.13. The highest BCUT2D eigenvalue weighted by Gasteiger charge is 2.43. The summed E-state index contributed by atoms with van der Waals surface area (Å²) in [4.78, 5) is 20.6. The van der Waals surface area contributed by atoms with Crippen LogP contribution in [0.3, 0.4) is 0 Å². The third kappa shape index (κ3) is 4.25. The number of ether oxygens (including phenoxy) is 1. The van der Waals surface area contributed by atoms with E-state index in [4.69, 9.17) is 32.9 Å². The van der Waals surface area contributed by atoms with Gasteiger partial charge in [-0.25, -0.2) is 9.67 Å². The number of benzene rings is 2. The van der Waals surface area contributed by atoms with Crippen molar-refractivity contribution in [2.75, 3.05) is 13.2 Å². The van der Waals surface area contributed by atoms with Gasteiger partial charge < -0.3 is 9.64 Å². The maximum Gasteiger partial charge on any atom is 0.234 e. The van der Waals surface area contributed by atoms with Crippen LogP contribution in [0.5, 0.6) is 5.75 Å². The Morgan fingerprint density at radius 3 is 2.73 bits per heavy atom. The van der Waals surface area contributed by atoms with Crippen LogP contribution in [0.2, 0.25) is 10.0 Å². The van der Waals surface area contributed by atoms with Gasteiger partial charge in [-0.2, -0.15) is 5.10 Å². The number of aromatic nitrogens is 2. The summed E-state index contributed by atoms with van der Waals surface area (Å²) < 4.78 is 7.80. The zero-order valence-corrected chi connectivity index (χ0v) is 19.7. The van der Waals surface area contributed by atoms with Gasteiger partial charge >= 0.3 is 0 Å². The lowest BCUT2D eigenvalue weighted by atomic mass is 9.87. The highest BCUT2D eigenvalue weighted by molar-refractivity contribution is 6.42. The Labute approximate surface area is 202 Å². The summed E-state index contributed by atoms with van der Waals surface area (Å²) >= 11 is 12.5. The van der Waals surface area contributed by atoms with Gasteiger partial charge in [0.15, 0.2) is 5.82 Å². The normalized spacial score (nSPS) is 22.1. The van der Waals surface area contributed by atoms with Gasteiger partial charge in [-0.3, -0.25) is 4.79 Å². The second-order valence-electron chi connectivity index (χ2n) is 8.43. The fourth-order valence-electron chi connectivity index (χ4n) is 4.76. The second-order valence-corrected chi connectivity index (χ2v) is 9.25. The molecule has 2 unspecified atom stereocenters. The van der Waals surface area contributed by atoms with Crippen LogP contribution in [-0.4, -0.2) is 45.5 Å². The number of aliphatic imine (C=N–C) groups is 1. The lowest BCUT2D eigenvalue weighted by molar-refractivity contribution is -0.135. The van der Waals surface area contributed by atoms with Crippen LogP contribution in [0.15, 0.2) is 65.8 Å². The molecule has 5 rings (SSSR count). The monoisotopic (exact) mass is 482 g/mol. The summed E-state index contributed by atoms with van der Waals surface area (Å²) in [6, 6.07) is 16.7. The van der Waals surface area contributed by atoms with E-state index in [0.717, 1.165) is 35.7 Å². The van der Waals surface area contributed by atoms with Crippen LogP contribution in [0.1, 0.15) is 31.4 Å². The van der Waals surface area contributed by atoms with Gasteiger partial charge in [0.2, 0.25) is 5.91 Å². The minimum atomic E-state index is -0.494. The molecule has 1 amide bonds. The number of nitrogens with zero attached hydrogens (tertiary/aromatic N) is 4. The Bertz CT molecular complexity index is 1190. The topological polar surface area (TPSA) is 59.7 Å². The molecule has 8 heteroatoms. The van der Waals surface area contributed by atoms with Crippen LogP contribution in [-0.2, 0) is 4.79 Å². The molecule has 6 nitrogen and oxygen atoms in total. The van der Waals surface area contributed by atoms with E-state index in [1.165, 1.54) is 0 Å². The number of hydrogen-bond donors (Lipinski definition) is 0. The maximum absolute atomic E-state index is 14.0. The molecule has 170 valence electrons. The number of carbonyl (C=O) groups is 1. The molecule has 2 aliphatic rings. The average molecular weight is 483 g/mol. The molecule has 2 aromatic carbocycles. The lowest BCUT2D eigenvalue weighted by Gasteiger charge is -2.35. The molecule has 3 atom stereocenters. The number of rotatable bonds is 5. The van der Waals surface area contributed by atoms with Crippen molar-refractivity contribution in [1.82, 2.24) is 14.7 Å². The predicted molar refractivity (Wildman–Crippen MR) is 130 cm³/mol. The Balaban J connectivity index is 1.45. The molecule has 33 heavy (non-hydrogen) atoms. The highest BCUT2D eigenvalue weighted by Crippen LogP contribution is 2.39. The van der Waals surface area contributed by atoms with E-state index in [1.54, 1.807) is 16.9 Å². The molecular formula is C25H24Cl2N4O2. The first-order valence-corrected chi connectivity index (χ1v) is 11.8. The van der Waals surface area contributed by atoms with Gasteiger partial charge in [0.25, 0.3) is 0 Å². The first kappa shape index (κ1) is 22.0. The smallest absolute Gasteiger partial charge is 0.234 e. The lowest BCUT2D eigenvalue weighted by Crippen LogP contribution is -2.47. The number of amides is 1. The van der Waals surface area contributed by atoms with E-state index in [9.17, 15) is 4.79 Å². The summed E-state index contributed by atoms with van der Waals surface area (Å²) in [6.07, 6.45) is 3.56. The highest BCUT2D eigenvalue weighted by atomic mass is 35.5. The molecule has 0 bridgehead atoms. The van der Waals surface area contributed by atoms with E-state index < -0.39 is 5.92 Å². The predicted octanol–water partition coefficient (Wildman–Crippen LogP) is 5.57. The SMILES string of the molecule is CC1=Nc2ccnn2C(c2ccc(Cl)c(Cl)c2)C1C(=O)N1CCC[C@H]1COc1ccccc1. The van der Waals surface area contributed by atoms with E-state index in [0.29, 0.717) is 23.2 Å². The largest absolute Gasteiger partial charge is 0.491 e. The molecule has 2 aliphatic heterocycles. The van der Waals surface area contributed by atoms with E-state index >= 15 is 0 Å². The van der Waals surface area contributed by atoms with E-state index in [1.807, 2.05) is 60.4 Å². The van der Waals surface area contributed by atoms with Crippen LogP contribution in [0.25, 0.3) is 0 Å². The fourth-order valence-corrected chi connectivity index (χ4v) is 5.07. The van der Waals surface area contributed by atoms with E-state index in [2.05, 4.69) is 5.10 Å². The molecule has 0 aliphatic carbocycles. The van der Waals surface area contributed by atoms with Crippen LogP contribution in [0.4, 0.5) is 5.82 Å². The first-order valence-electron chi connectivity index (χ1n) is 11.0. The van der Waals surface area contributed by atoms with Crippen molar-refractivity contribution in [3.05, 3.63) is 76.4 Å². The molecule has 0 spiro atoms. The molecule has 3 aromatic rings. The Morgan fingerprint density at radius 1 is 1.12 bits per heavy atom. The third-order valence-electron chi connectivity index (χ3n) is 6.37. The molecule has 1 saturated heterocycles. The van der Waals surface area contributed by atoms with Crippen LogP contribution < -0.4 is 4.74 Å². The average Bonchev–Trinajstić information content (AvgIpc) is 3.48. The minimum absolute atomic E-state index is 0.0129. The summed E-state index contributed by atoms with van der Waals surface area (Å²) in [5.74, 6) is 1.07. The molecule has 3 heterocycles. The van der Waals surface area contributed by atoms with Crippen molar-refractivity contribution in [2.24, 2.45) is 10.9 Å². The van der Waals surface area contributed by atoms with Crippen molar-refractivity contribution in [2.45, 2.75) is 31.8 Å². The molecule has 1 aromatic heterocycles. The quantitative estimate of drug-likeness (QED) is 0.477. The summed E-state index contributed by atoms with van der Waals surface area (Å²) in [6.45, 7) is 3.07. The zero-order valence-electron chi connectivity index (χ0n) is 18.2. The molecule has 1 fully saturated rings. The van der Waals surface area contributed by atoms with Gasteiger partial charge in [-0.1, -0.05) is 47.5 Å². The van der Waals surface area contributed by atoms with Gasteiger partial charge in [-0.05, 0) is 49.6 Å². The van der Waals surface area contributed by atoms with Gasteiger partial charge in [0.05, 0.1) is 28.3 Å². The number of likely N-dealkylation sites (tertiary alicyclic amines) is 1. The van der Waals surface area contributed by atoms with Crippen molar-refractivity contribution in [1.29, 1.82) is 0 Å². The van der Waals surface area contributed by atoms with Crippen molar-refractivity contribution < 1.29 is 9.53 Å². The van der Waals surface area contributed by atoms with Gasteiger partial charge in [0, 0.05) is 18.3 Å². The van der Waals surface area contributed by atoms with Crippen molar-refractivity contribution in [3.63, 3.8) is 0 Å². The first-order chi connectivity index (χ1) is 16.0. The number of para-hydroxylation sites is 1. The Morgan fingerprint density at radius 2 is 1.94 bits per heavy atom. The van der Waals surface area contributed by atoms with Gasteiger partial charge in [0.1, 0.15) is 18.3 Å². The molecular weight excluding hydrogens is 459 g/mol. The zero-order chi connectivity index (χ0) is 22.9. The molecule has 0 N–H and O–H groups in total. The minimum Gasteiger partial charge on any atom is -0.491 e. The standard InChI is InChI=1S/C25H24Cl2N4O2/c1-16-23(25(32)30-13-5-6-18(30)15-33-19-7-3-2-4-8-19)24(31-22(29-16)11-12-28-31)17-9-10-20(26)21(27)14-17/h2-4,7-12,14,18,23-24H,5-6,13,15H2,1H3/t18-,23?,24?/m0/s1. The van der Waals surface area contributed by atoms with E-state index in [-0.39, 0.29) is 18.0 Å². The van der Waals surface area contributed by atoms with Gasteiger partial charge in [-0.15, -0.1) is 0 Å². The van der Waals surface area contributed by atoms with Crippen LogP contribution in [0, 0.1) is 5.92 Å². The molecule has 0 radical (unpaired) electrons. The van der Waals surface area contributed by atoms with Crippen LogP contribution >= 0.6 is 23.2 Å². The molecule has 0 saturated carbocycles. The van der Waals surface area contributed by atoms with Crippen molar-refractivity contribution >= 4 is 40.6 Å².